The number of anilines is 1. The first-order chi connectivity index (χ1) is 14.7. The molecule has 1 aliphatic heterocycles. The fourth-order valence-corrected chi connectivity index (χ4v) is 4.46. The van der Waals surface area contributed by atoms with E-state index in [1.165, 1.54) is 12.1 Å². The summed E-state index contributed by atoms with van der Waals surface area (Å²) in [4.78, 5) is 27.3. The van der Waals surface area contributed by atoms with Gasteiger partial charge in [-0.1, -0.05) is 18.2 Å². The molecule has 1 aliphatic rings. The summed E-state index contributed by atoms with van der Waals surface area (Å²) in [5.41, 5.74) is 1.51. The zero-order valence-corrected chi connectivity index (χ0v) is 17.9. The number of nitrogens with zero attached hydrogens (tertiary/aromatic N) is 3. The molecule has 2 heterocycles. The summed E-state index contributed by atoms with van der Waals surface area (Å²) in [7, 11) is -3.56. The molecule has 2 aromatic carbocycles. The Morgan fingerprint density at radius 3 is 2.39 bits per heavy atom. The van der Waals surface area contributed by atoms with E-state index in [4.69, 9.17) is 4.42 Å². The first-order valence-corrected chi connectivity index (χ1v) is 11.6. The van der Waals surface area contributed by atoms with Crippen molar-refractivity contribution in [1.29, 1.82) is 0 Å². The molecule has 0 atom stereocenters. The predicted octanol–water partition coefficient (Wildman–Crippen LogP) is 3.02. The molecule has 31 heavy (non-hydrogen) atoms. The molecule has 0 bridgehead atoms. The number of fused-ring (bicyclic) bond motifs is 1. The Balaban J connectivity index is 1.54. The van der Waals surface area contributed by atoms with Gasteiger partial charge in [0.1, 0.15) is 11.3 Å². The summed E-state index contributed by atoms with van der Waals surface area (Å²) in [6.07, 6.45) is 1.01. The SMILES string of the molecule is Cc1c(C(=O)N2CCN(c3ccc(S(C)(=O)=O)cc3[N+](=O)[O-])CC2)oc2ccccc12. The maximum absolute atomic E-state index is 13.0. The molecule has 0 radical (unpaired) electrons. The highest BCUT2D eigenvalue weighted by molar-refractivity contribution is 7.90. The molecule has 1 aromatic heterocycles. The standard InChI is InChI=1S/C21H21N3O6S/c1-14-16-5-3-4-6-19(16)30-20(14)21(25)23-11-9-22(10-12-23)17-8-7-15(31(2,28)29)13-18(17)24(26)27/h3-8,13H,9-12H2,1-2H3. The lowest BCUT2D eigenvalue weighted by molar-refractivity contribution is -0.384. The van der Waals surface area contributed by atoms with Gasteiger partial charge in [0.05, 0.1) is 9.82 Å². The van der Waals surface area contributed by atoms with Crippen LogP contribution < -0.4 is 4.90 Å². The number of nitro groups is 1. The second kappa shape index (κ2) is 7.69. The minimum Gasteiger partial charge on any atom is -0.451 e. The quantitative estimate of drug-likeness (QED) is 0.450. The Labute approximate surface area is 178 Å². The van der Waals surface area contributed by atoms with E-state index in [9.17, 15) is 23.3 Å². The monoisotopic (exact) mass is 443 g/mol. The Morgan fingerprint density at radius 1 is 1.10 bits per heavy atom. The first kappa shape index (κ1) is 20.9. The van der Waals surface area contributed by atoms with Crippen molar-refractivity contribution in [2.75, 3.05) is 37.3 Å². The molecule has 162 valence electrons. The third kappa shape index (κ3) is 3.86. The molecule has 0 saturated carbocycles. The van der Waals surface area contributed by atoms with E-state index in [0.717, 1.165) is 23.3 Å². The molecule has 4 rings (SSSR count). The van der Waals surface area contributed by atoms with Crippen molar-refractivity contribution < 1.29 is 22.6 Å². The Bertz CT molecular complexity index is 1290. The van der Waals surface area contributed by atoms with Crippen LogP contribution in [-0.4, -0.2) is 56.6 Å². The summed E-state index contributed by atoms with van der Waals surface area (Å²) in [6, 6.07) is 11.4. The third-order valence-corrected chi connectivity index (χ3v) is 6.63. The number of carbonyl (C=O) groups is 1. The number of aryl methyl sites for hydroxylation is 1. The van der Waals surface area contributed by atoms with Crippen molar-refractivity contribution in [3.8, 4) is 0 Å². The molecule has 1 fully saturated rings. The van der Waals surface area contributed by atoms with E-state index in [1.807, 2.05) is 31.2 Å². The van der Waals surface area contributed by atoms with Gasteiger partial charge in [0.2, 0.25) is 0 Å². The molecule has 1 saturated heterocycles. The number of sulfone groups is 1. The number of amides is 1. The van der Waals surface area contributed by atoms with Gasteiger partial charge in [-0.05, 0) is 25.1 Å². The molecule has 1 amide bonds. The van der Waals surface area contributed by atoms with Crippen LogP contribution in [0.2, 0.25) is 0 Å². The van der Waals surface area contributed by atoms with Gasteiger partial charge in [-0.25, -0.2) is 8.42 Å². The van der Waals surface area contributed by atoms with Crippen LogP contribution in [0.1, 0.15) is 16.1 Å². The third-order valence-electron chi connectivity index (χ3n) is 5.52. The van der Waals surface area contributed by atoms with E-state index >= 15 is 0 Å². The van der Waals surface area contributed by atoms with Crippen molar-refractivity contribution >= 4 is 38.1 Å². The Hall–Kier alpha value is -3.40. The van der Waals surface area contributed by atoms with E-state index in [0.29, 0.717) is 43.2 Å². The van der Waals surface area contributed by atoms with Crippen molar-refractivity contribution in [2.45, 2.75) is 11.8 Å². The van der Waals surface area contributed by atoms with Crippen molar-refractivity contribution in [3.05, 3.63) is 63.9 Å². The largest absolute Gasteiger partial charge is 0.451 e. The van der Waals surface area contributed by atoms with Crippen LogP contribution >= 0.6 is 0 Å². The van der Waals surface area contributed by atoms with E-state index in [-0.39, 0.29) is 16.5 Å². The highest BCUT2D eigenvalue weighted by Crippen LogP contribution is 2.32. The van der Waals surface area contributed by atoms with Crippen molar-refractivity contribution in [1.82, 2.24) is 4.90 Å². The van der Waals surface area contributed by atoms with Gasteiger partial charge in [-0.15, -0.1) is 0 Å². The highest BCUT2D eigenvalue weighted by Gasteiger charge is 2.29. The molecule has 0 unspecified atom stereocenters. The maximum atomic E-state index is 13.0. The Morgan fingerprint density at radius 2 is 1.77 bits per heavy atom. The number of hydrogen-bond acceptors (Lipinski definition) is 7. The van der Waals surface area contributed by atoms with Crippen LogP contribution in [0, 0.1) is 17.0 Å². The smallest absolute Gasteiger partial charge is 0.293 e. The van der Waals surface area contributed by atoms with Gasteiger partial charge in [-0.3, -0.25) is 14.9 Å². The van der Waals surface area contributed by atoms with Crippen LogP contribution in [0.4, 0.5) is 11.4 Å². The normalized spacial score (nSPS) is 14.8. The van der Waals surface area contributed by atoms with Crippen LogP contribution in [0.25, 0.3) is 11.0 Å². The number of carbonyl (C=O) groups excluding carboxylic acids is 1. The lowest BCUT2D eigenvalue weighted by Gasteiger charge is -2.35. The number of nitro benzene ring substituents is 1. The highest BCUT2D eigenvalue weighted by atomic mass is 32.2. The number of rotatable bonds is 4. The van der Waals surface area contributed by atoms with Crippen LogP contribution in [0.3, 0.4) is 0 Å². The number of hydrogen-bond donors (Lipinski definition) is 0. The van der Waals surface area contributed by atoms with Gasteiger partial charge < -0.3 is 14.2 Å². The second-order valence-electron chi connectivity index (χ2n) is 7.51. The summed E-state index contributed by atoms with van der Waals surface area (Å²) in [6.45, 7) is 3.33. The minimum absolute atomic E-state index is 0.0999. The maximum Gasteiger partial charge on any atom is 0.293 e. The van der Waals surface area contributed by atoms with Crippen LogP contribution in [0.15, 0.2) is 51.8 Å². The zero-order chi connectivity index (χ0) is 22.3. The van der Waals surface area contributed by atoms with Gasteiger partial charge in [0.15, 0.2) is 15.6 Å². The van der Waals surface area contributed by atoms with Crippen molar-refractivity contribution in [2.24, 2.45) is 0 Å². The van der Waals surface area contributed by atoms with Crippen molar-refractivity contribution in [3.63, 3.8) is 0 Å². The molecular formula is C21H21N3O6S. The van der Waals surface area contributed by atoms with E-state index in [1.54, 1.807) is 9.80 Å². The summed E-state index contributed by atoms with van der Waals surface area (Å²) >= 11 is 0. The van der Waals surface area contributed by atoms with Gasteiger partial charge >= 0.3 is 0 Å². The van der Waals surface area contributed by atoms with Gasteiger partial charge in [0, 0.05) is 49.5 Å². The number of piperazine rings is 1. The molecule has 10 heteroatoms. The lowest BCUT2D eigenvalue weighted by atomic mass is 10.1. The molecule has 0 aliphatic carbocycles. The lowest BCUT2D eigenvalue weighted by Crippen LogP contribution is -2.49. The molecule has 0 spiro atoms. The molecule has 0 N–H and O–H groups in total. The number of furan rings is 1. The van der Waals surface area contributed by atoms with Gasteiger partial charge in [-0.2, -0.15) is 0 Å². The average molecular weight is 443 g/mol. The minimum atomic E-state index is -3.56. The molecule has 9 nitrogen and oxygen atoms in total. The number of para-hydroxylation sites is 1. The van der Waals surface area contributed by atoms with E-state index < -0.39 is 14.8 Å². The second-order valence-corrected chi connectivity index (χ2v) is 9.53. The van der Waals surface area contributed by atoms with Crippen LogP contribution in [-0.2, 0) is 9.84 Å². The topological polar surface area (TPSA) is 114 Å². The molecular weight excluding hydrogens is 422 g/mol. The summed E-state index contributed by atoms with van der Waals surface area (Å²) in [5, 5.41) is 12.4. The van der Waals surface area contributed by atoms with E-state index in [2.05, 4.69) is 0 Å². The summed E-state index contributed by atoms with van der Waals surface area (Å²) < 4.78 is 29.3. The Kier molecular flexibility index (Phi) is 5.18. The zero-order valence-electron chi connectivity index (χ0n) is 17.1. The molecule has 3 aromatic rings. The average Bonchev–Trinajstić information content (AvgIpc) is 3.09. The van der Waals surface area contributed by atoms with Crippen LogP contribution in [0.5, 0.6) is 0 Å². The predicted molar refractivity (Wildman–Crippen MR) is 115 cm³/mol. The fourth-order valence-electron chi connectivity index (χ4n) is 3.82. The fraction of sp³-hybridized carbons (Fsp3) is 0.286. The first-order valence-electron chi connectivity index (χ1n) is 9.67. The summed E-state index contributed by atoms with van der Waals surface area (Å²) in [5.74, 6) is 0.0911. The van der Waals surface area contributed by atoms with Gasteiger partial charge in [0.25, 0.3) is 11.6 Å². The number of benzene rings is 2.